The fourth-order valence-corrected chi connectivity index (χ4v) is 2.02. The Hall–Kier alpha value is -2.39. The lowest BCUT2D eigenvalue weighted by Gasteiger charge is -2.15. The molecule has 0 spiro atoms. The highest BCUT2D eigenvalue weighted by molar-refractivity contribution is 5.79. The highest BCUT2D eigenvalue weighted by atomic mass is 19.3. The van der Waals surface area contributed by atoms with Crippen molar-refractivity contribution in [3.8, 4) is 0 Å². The van der Waals surface area contributed by atoms with E-state index in [1.165, 1.54) is 6.92 Å². The van der Waals surface area contributed by atoms with E-state index in [0.717, 1.165) is 0 Å². The lowest BCUT2D eigenvalue weighted by Crippen LogP contribution is -2.32. The van der Waals surface area contributed by atoms with Crippen molar-refractivity contribution in [2.75, 3.05) is 0 Å². The molecule has 0 aliphatic heterocycles. The first-order chi connectivity index (χ1) is 10.8. The van der Waals surface area contributed by atoms with Crippen LogP contribution in [0.1, 0.15) is 42.9 Å². The van der Waals surface area contributed by atoms with Gasteiger partial charge in [-0.2, -0.15) is 10.2 Å². The average Bonchev–Trinajstić information content (AvgIpc) is 3.10. The fraction of sp³-hybridized carbons (Fsp3) is 0.462. The van der Waals surface area contributed by atoms with Gasteiger partial charge in [0.2, 0.25) is 5.91 Å². The van der Waals surface area contributed by atoms with Gasteiger partial charge >= 0.3 is 0 Å². The summed E-state index contributed by atoms with van der Waals surface area (Å²) in [7, 11) is 1.68. The number of carbonyl (C=O) groups excluding carboxylic acids is 1. The number of nitrogens with zero attached hydrogens (tertiary/aromatic N) is 4. The van der Waals surface area contributed by atoms with E-state index >= 15 is 0 Å². The van der Waals surface area contributed by atoms with E-state index in [2.05, 4.69) is 15.5 Å². The number of hydrogen-bond acceptors (Lipinski definition) is 3. The molecule has 1 atom stereocenters. The van der Waals surface area contributed by atoms with E-state index in [4.69, 9.17) is 0 Å². The second-order valence-corrected chi connectivity index (χ2v) is 4.88. The second kappa shape index (κ2) is 6.80. The molecule has 0 radical (unpaired) electrons. The standard InChI is InChI=1S/C13H15F4N5O/c1-7(13(23)18-6-8-3-4-19-21(8)2)22-10(12(16)17)5-9(20-22)11(14)15/h3-5,7,11-12H,6H2,1-2H3,(H,18,23). The average molecular weight is 333 g/mol. The molecule has 0 aliphatic carbocycles. The molecule has 1 amide bonds. The SMILES string of the molecule is CC(C(=O)NCc1ccnn1C)n1nc(C(F)F)cc1C(F)F. The summed E-state index contributed by atoms with van der Waals surface area (Å²) in [5, 5.41) is 9.88. The molecule has 1 unspecified atom stereocenters. The molecule has 0 bridgehead atoms. The zero-order valence-electron chi connectivity index (χ0n) is 12.4. The first-order valence-electron chi connectivity index (χ1n) is 6.71. The van der Waals surface area contributed by atoms with E-state index in [9.17, 15) is 22.4 Å². The van der Waals surface area contributed by atoms with Crippen LogP contribution in [0.2, 0.25) is 0 Å². The predicted molar refractivity (Wildman–Crippen MR) is 71.9 cm³/mol. The zero-order chi connectivity index (χ0) is 17.1. The third kappa shape index (κ3) is 3.69. The van der Waals surface area contributed by atoms with Crippen LogP contribution in [0.15, 0.2) is 18.3 Å². The third-order valence-electron chi connectivity index (χ3n) is 3.34. The Labute approximate surface area is 129 Å². The number of aromatic nitrogens is 4. The van der Waals surface area contributed by atoms with Crippen LogP contribution < -0.4 is 5.32 Å². The number of halogens is 4. The van der Waals surface area contributed by atoms with E-state index in [-0.39, 0.29) is 6.54 Å². The second-order valence-electron chi connectivity index (χ2n) is 4.88. The van der Waals surface area contributed by atoms with Crippen molar-refractivity contribution in [1.82, 2.24) is 24.9 Å². The van der Waals surface area contributed by atoms with Gasteiger partial charge in [0.25, 0.3) is 12.9 Å². The Balaban J connectivity index is 2.13. The highest BCUT2D eigenvalue weighted by Crippen LogP contribution is 2.27. The fourth-order valence-electron chi connectivity index (χ4n) is 2.02. The number of aryl methyl sites for hydroxylation is 1. The highest BCUT2D eigenvalue weighted by Gasteiger charge is 2.26. The molecule has 2 aromatic heterocycles. The molecule has 126 valence electrons. The summed E-state index contributed by atoms with van der Waals surface area (Å²) in [6.45, 7) is 1.44. The maximum absolute atomic E-state index is 12.9. The molecule has 6 nitrogen and oxygen atoms in total. The summed E-state index contributed by atoms with van der Waals surface area (Å²) in [4.78, 5) is 12.1. The van der Waals surface area contributed by atoms with E-state index in [0.29, 0.717) is 16.4 Å². The number of amides is 1. The number of rotatable bonds is 6. The quantitative estimate of drug-likeness (QED) is 0.826. The molecule has 0 saturated heterocycles. The monoisotopic (exact) mass is 333 g/mol. The summed E-state index contributed by atoms with van der Waals surface area (Å²) in [6.07, 6.45) is -4.46. The molecule has 2 aromatic rings. The van der Waals surface area contributed by atoms with Crippen LogP contribution in [0, 0.1) is 0 Å². The van der Waals surface area contributed by atoms with Crippen LogP contribution in [0.3, 0.4) is 0 Å². The van der Waals surface area contributed by atoms with Gasteiger partial charge in [0.15, 0.2) is 0 Å². The van der Waals surface area contributed by atoms with Crippen molar-refractivity contribution < 1.29 is 22.4 Å². The molecule has 0 saturated carbocycles. The molecule has 0 aliphatic rings. The summed E-state index contributed by atoms with van der Waals surface area (Å²) in [5.41, 5.74) is -0.802. The van der Waals surface area contributed by atoms with Gasteiger partial charge in [-0.25, -0.2) is 17.6 Å². The maximum atomic E-state index is 12.9. The molecular formula is C13H15F4N5O. The summed E-state index contributed by atoms with van der Waals surface area (Å²) in [6, 6.07) is 1.14. The number of carbonyl (C=O) groups is 1. The minimum atomic E-state index is -3.01. The van der Waals surface area contributed by atoms with Crippen molar-refractivity contribution in [2.45, 2.75) is 32.4 Å². The van der Waals surface area contributed by atoms with Crippen LogP contribution in [0.25, 0.3) is 0 Å². The first-order valence-corrected chi connectivity index (χ1v) is 6.71. The van der Waals surface area contributed by atoms with Gasteiger partial charge in [0.1, 0.15) is 17.4 Å². The molecule has 1 N–H and O–H groups in total. The number of alkyl halides is 4. The summed E-state index contributed by atoms with van der Waals surface area (Å²) in [5.74, 6) is -0.614. The smallest absolute Gasteiger partial charge is 0.282 e. The van der Waals surface area contributed by atoms with Crippen LogP contribution in [-0.4, -0.2) is 25.5 Å². The number of hydrogen-bond donors (Lipinski definition) is 1. The third-order valence-corrected chi connectivity index (χ3v) is 3.34. The molecule has 23 heavy (non-hydrogen) atoms. The molecule has 0 fully saturated rings. The van der Waals surface area contributed by atoms with Crippen LogP contribution in [0.4, 0.5) is 17.6 Å². The van der Waals surface area contributed by atoms with Crippen molar-refractivity contribution in [1.29, 1.82) is 0 Å². The van der Waals surface area contributed by atoms with Gasteiger partial charge in [-0.3, -0.25) is 14.2 Å². The normalized spacial score (nSPS) is 12.9. The van der Waals surface area contributed by atoms with E-state index in [1.54, 1.807) is 24.0 Å². The topological polar surface area (TPSA) is 64.7 Å². The maximum Gasteiger partial charge on any atom is 0.282 e. The first kappa shape index (κ1) is 17.0. The van der Waals surface area contributed by atoms with Gasteiger partial charge in [-0.15, -0.1) is 0 Å². The van der Waals surface area contributed by atoms with E-state index in [1.807, 2.05) is 0 Å². The van der Waals surface area contributed by atoms with Gasteiger partial charge < -0.3 is 5.32 Å². The van der Waals surface area contributed by atoms with Crippen LogP contribution in [0.5, 0.6) is 0 Å². The van der Waals surface area contributed by atoms with Crippen molar-refractivity contribution in [2.24, 2.45) is 7.05 Å². The summed E-state index contributed by atoms with van der Waals surface area (Å²) < 4.78 is 53.3. The van der Waals surface area contributed by atoms with Crippen LogP contribution in [-0.2, 0) is 18.4 Å². The Kier molecular flexibility index (Phi) is 5.02. The van der Waals surface area contributed by atoms with Crippen LogP contribution >= 0.6 is 0 Å². The molecule has 2 heterocycles. The van der Waals surface area contributed by atoms with Gasteiger partial charge in [-0.05, 0) is 19.1 Å². The Morgan fingerprint density at radius 2 is 2.00 bits per heavy atom. The Bertz CT molecular complexity index is 682. The van der Waals surface area contributed by atoms with Gasteiger partial charge in [0, 0.05) is 13.2 Å². The largest absolute Gasteiger partial charge is 0.349 e. The van der Waals surface area contributed by atoms with Crippen molar-refractivity contribution in [3.05, 3.63) is 35.4 Å². The lowest BCUT2D eigenvalue weighted by molar-refractivity contribution is -0.124. The minimum absolute atomic E-state index is 0.132. The molecular weight excluding hydrogens is 318 g/mol. The van der Waals surface area contributed by atoms with Gasteiger partial charge in [0.05, 0.1) is 12.2 Å². The van der Waals surface area contributed by atoms with Crippen molar-refractivity contribution in [3.63, 3.8) is 0 Å². The molecule has 0 aromatic carbocycles. The minimum Gasteiger partial charge on any atom is -0.349 e. The summed E-state index contributed by atoms with van der Waals surface area (Å²) >= 11 is 0. The van der Waals surface area contributed by atoms with Crippen molar-refractivity contribution >= 4 is 5.91 Å². The zero-order valence-corrected chi connectivity index (χ0v) is 12.4. The lowest BCUT2D eigenvalue weighted by atomic mass is 10.3. The Morgan fingerprint density at radius 3 is 2.52 bits per heavy atom. The predicted octanol–water partition coefficient (Wildman–Crippen LogP) is 2.37. The number of nitrogens with one attached hydrogen (secondary N) is 1. The molecule has 2 rings (SSSR count). The van der Waals surface area contributed by atoms with E-state index < -0.39 is 36.2 Å². The van der Waals surface area contributed by atoms with Gasteiger partial charge in [-0.1, -0.05) is 0 Å². The molecule has 10 heteroatoms. The Morgan fingerprint density at radius 1 is 1.30 bits per heavy atom.